The van der Waals surface area contributed by atoms with Crippen molar-refractivity contribution in [2.75, 3.05) is 17.2 Å². The Morgan fingerprint density at radius 3 is 2.72 bits per heavy atom. The SMILES string of the molecule is NC(=O)CN(c1ncc(Br)cc1N)C1CCCC1. The topological polar surface area (TPSA) is 85.2 Å². The molecule has 0 spiro atoms. The molecule has 6 heteroatoms. The Labute approximate surface area is 115 Å². The molecule has 98 valence electrons. The highest BCUT2D eigenvalue weighted by atomic mass is 79.9. The minimum atomic E-state index is -0.356. The number of pyridine rings is 1. The zero-order valence-electron chi connectivity index (χ0n) is 10.1. The second-order valence-electron chi connectivity index (χ2n) is 4.60. The molecule has 0 bridgehead atoms. The highest BCUT2D eigenvalue weighted by Gasteiger charge is 2.26. The van der Waals surface area contributed by atoms with Gasteiger partial charge in [-0.1, -0.05) is 12.8 Å². The van der Waals surface area contributed by atoms with Gasteiger partial charge in [-0.2, -0.15) is 0 Å². The molecule has 1 aromatic rings. The van der Waals surface area contributed by atoms with Crippen molar-refractivity contribution < 1.29 is 4.79 Å². The third-order valence-electron chi connectivity index (χ3n) is 3.23. The molecule has 1 aliphatic carbocycles. The van der Waals surface area contributed by atoms with Crippen LogP contribution in [0.2, 0.25) is 0 Å². The van der Waals surface area contributed by atoms with E-state index in [1.54, 1.807) is 12.3 Å². The van der Waals surface area contributed by atoms with Crippen LogP contribution >= 0.6 is 15.9 Å². The summed E-state index contributed by atoms with van der Waals surface area (Å²) in [6, 6.07) is 2.11. The molecule has 1 saturated carbocycles. The van der Waals surface area contributed by atoms with Crippen molar-refractivity contribution in [3.05, 3.63) is 16.7 Å². The number of aromatic nitrogens is 1. The van der Waals surface area contributed by atoms with Crippen LogP contribution in [0.25, 0.3) is 0 Å². The average Bonchev–Trinajstić information content (AvgIpc) is 2.79. The van der Waals surface area contributed by atoms with Crippen molar-refractivity contribution in [2.45, 2.75) is 31.7 Å². The van der Waals surface area contributed by atoms with Gasteiger partial charge in [-0.3, -0.25) is 4.79 Å². The lowest BCUT2D eigenvalue weighted by Gasteiger charge is -2.29. The van der Waals surface area contributed by atoms with Crippen molar-refractivity contribution in [3.8, 4) is 0 Å². The molecular weight excluding hydrogens is 296 g/mol. The van der Waals surface area contributed by atoms with Crippen LogP contribution in [0.3, 0.4) is 0 Å². The van der Waals surface area contributed by atoms with Gasteiger partial charge in [0, 0.05) is 16.7 Å². The number of carbonyl (C=O) groups is 1. The summed E-state index contributed by atoms with van der Waals surface area (Å²) in [6.07, 6.45) is 6.16. The van der Waals surface area contributed by atoms with E-state index >= 15 is 0 Å². The Balaban J connectivity index is 2.29. The molecule has 1 aliphatic rings. The van der Waals surface area contributed by atoms with Gasteiger partial charge in [-0.05, 0) is 34.8 Å². The van der Waals surface area contributed by atoms with Crippen LogP contribution in [0.15, 0.2) is 16.7 Å². The number of nitrogens with two attached hydrogens (primary N) is 2. The van der Waals surface area contributed by atoms with Crippen LogP contribution in [0.4, 0.5) is 11.5 Å². The Kier molecular flexibility index (Phi) is 4.06. The van der Waals surface area contributed by atoms with Crippen molar-refractivity contribution in [1.82, 2.24) is 4.98 Å². The van der Waals surface area contributed by atoms with Gasteiger partial charge < -0.3 is 16.4 Å². The number of rotatable bonds is 4. The summed E-state index contributed by atoms with van der Waals surface area (Å²) in [7, 11) is 0. The van der Waals surface area contributed by atoms with Gasteiger partial charge in [-0.15, -0.1) is 0 Å². The molecule has 0 unspecified atom stereocenters. The standard InChI is InChI=1S/C12H17BrN4O/c13-8-5-10(14)12(16-6-8)17(7-11(15)18)9-3-1-2-4-9/h5-6,9H,1-4,7,14H2,(H2,15,18). The van der Waals surface area contributed by atoms with Crippen molar-refractivity contribution in [2.24, 2.45) is 5.73 Å². The van der Waals surface area contributed by atoms with Crippen molar-refractivity contribution in [1.29, 1.82) is 0 Å². The van der Waals surface area contributed by atoms with Gasteiger partial charge in [-0.25, -0.2) is 4.98 Å². The van der Waals surface area contributed by atoms with E-state index in [0.717, 1.165) is 17.3 Å². The first-order valence-electron chi connectivity index (χ1n) is 6.04. The molecule has 0 aliphatic heterocycles. The zero-order chi connectivity index (χ0) is 13.1. The molecule has 1 aromatic heterocycles. The van der Waals surface area contributed by atoms with Crippen LogP contribution in [0.1, 0.15) is 25.7 Å². The third kappa shape index (κ3) is 2.93. The monoisotopic (exact) mass is 312 g/mol. The Morgan fingerprint density at radius 1 is 1.50 bits per heavy atom. The Morgan fingerprint density at radius 2 is 2.17 bits per heavy atom. The number of anilines is 2. The second kappa shape index (κ2) is 5.56. The summed E-state index contributed by atoms with van der Waals surface area (Å²) in [5.74, 6) is 0.301. The first kappa shape index (κ1) is 13.1. The maximum absolute atomic E-state index is 11.2. The normalized spacial score (nSPS) is 15.8. The van der Waals surface area contributed by atoms with Crippen molar-refractivity contribution >= 4 is 33.3 Å². The van der Waals surface area contributed by atoms with E-state index in [4.69, 9.17) is 11.5 Å². The molecule has 2 rings (SSSR count). The zero-order valence-corrected chi connectivity index (χ0v) is 11.7. The number of amides is 1. The van der Waals surface area contributed by atoms with Gasteiger partial charge in [0.2, 0.25) is 5.91 Å². The van der Waals surface area contributed by atoms with E-state index in [1.807, 2.05) is 4.90 Å². The number of hydrogen-bond acceptors (Lipinski definition) is 4. The second-order valence-corrected chi connectivity index (χ2v) is 5.51. The quantitative estimate of drug-likeness (QED) is 0.885. The van der Waals surface area contributed by atoms with Gasteiger partial charge in [0.05, 0.1) is 12.2 Å². The fourth-order valence-corrected chi connectivity index (χ4v) is 2.80. The Hall–Kier alpha value is -1.30. The molecule has 4 N–H and O–H groups in total. The highest BCUT2D eigenvalue weighted by Crippen LogP contribution is 2.31. The smallest absolute Gasteiger partial charge is 0.237 e. The summed E-state index contributed by atoms with van der Waals surface area (Å²) in [6.45, 7) is 0.170. The highest BCUT2D eigenvalue weighted by molar-refractivity contribution is 9.10. The van der Waals surface area contributed by atoms with Gasteiger partial charge >= 0.3 is 0 Å². The van der Waals surface area contributed by atoms with Gasteiger partial charge in [0.15, 0.2) is 5.82 Å². The fraction of sp³-hybridized carbons (Fsp3) is 0.500. The maximum Gasteiger partial charge on any atom is 0.237 e. The average molecular weight is 313 g/mol. The van der Waals surface area contributed by atoms with E-state index < -0.39 is 0 Å². The predicted molar refractivity (Wildman–Crippen MR) is 75.1 cm³/mol. The number of primary amides is 1. The summed E-state index contributed by atoms with van der Waals surface area (Å²) < 4.78 is 0.828. The lowest BCUT2D eigenvalue weighted by molar-refractivity contribution is -0.116. The maximum atomic E-state index is 11.2. The van der Waals surface area contributed by atoms with Gasteiger partial charge in [0.25, 0.3) is 0 Å². The van der Waals surface area contributed by atoms with E-state index in [2.05, 4.69) is 20.9 Å². The summed E-state index contributed by atoms with van der Waals surface area (Å²) in [5.41, 5.74) is 11.9. The minimum Gasteiger partial charge on any atom is -0.396 e. The van der Waals surface area contributed by atoms with Crippen LogP contribution in [-0.2, 0) is 4.79 Å². The Bertz CT molecular complexity index is 446. The first-order valence-corrected chi connectivity index (χ1v) is 6.83. The van der Waals surface area contributed by atoms with Crippen LogP contribution < -0.4 is 16.4 Å². The molecule has 1 amide bonds. The fourth-order valence-electron chi connectivity index (χ4n) is 2.45. The van der Waals surface area contributed by atoms with E-state index in [9.17, 15) is 4.79 Å². The molecule has 1 heterocycles. The molecule has 0 saturated heterocycles. The molecule has 0 atom stereocenters. The van der Waals surface area contributed by atoms with E-state index in [0.29, 0.717) is 17.5 Å². The first-order chi connectivity index (χ1) is 8.58. The molecule has 18 heavy (non-hydrogen) atoms. The summed E-state index contributed by atoms with van der Waals surface area (Å²) in [5, 5.41) is 0. The summed E-state index contributed by atoms with van der Waals surface area (Å²) >= 11 is 3.33. The predicted octanol–water partition coefficient (Wildman–Crippen LogP) is 1.66. The number of carbonyl (C=O) groups excluding carboxylic acids is 1. The van der Waals surface area contributed by atoms with E-state index in [1.165, 1.54) is 12.8 Å². The number of nitrogen functional groups attached to an aromatic ring is 1. The number of halogens is 1. The molecule has 5 nitrogen and oxygen atoms in total. The molecule has 1 fully saturated rings. The summed E-state index contributed by atoms with van der Waals surface area (Å²) in [4.78, 5) is 17.5. The minimum absolute atomic E-state index is 0.170. The molecular formula is C12H17BrN4O. The van der Waals surface area contributed by atoms with Crippen LogP contribution in [-0.4, -0.2) is 23.5 Å². The van der Waals surface area contributed by atoms with E-state index in [-0.39, 0.29) is 12.5 Å². The third-order valence-corrected chi connectivity index (χ3v) is 3.66. The van der Waals surface area contributed by atoms with Crippen LogP contribution in [0.5, 0.6) is 0 Å². The lowest BCUT2D eigenvalue weighted by atomic mass is 10.2. The lowest BCUT2D eigenvalue weighted by Crippen LogP contribution is -2.41. The molecule has 0 aromatic carbocycles. The van der Waals surface area contributed by atoms with Crippen LogP contribution in [0, 0.1) is 0 Å². The van der Waals surface area contributed by atoms with Crippen molar-refractivity contribution in [3.63, 3.8) is 0 Å². The molecule has 0 radical (unpaired) electrons. The number of nitrogens with zero attached hydrogens (tertiary/aromatic N) is 2. The van der Waals surface area contributed by atoms with Gasteiger partial charge in [0.1, 0.15) is 0 Å². The number of hydrogen-bond donors (Lipinski definition) is 2. The largest absolute Gasteiger partial charge is 0.396 e.